The van der Waals surface area contributed by atoms with Gasteiger partial charge in [0.05, 0.1) is 18.1 Å². The molecule has 4 aromatic rings. The van der Waals surface area contributed by atoms with Gasteiger partial charge >= 0.3 is 0 Å². The van der Waals surface area contributed by atoms with Crippen LogP contribution in [0.25, 0.3) is 11.4 Å². The summed E-state index contributed by atoms with van der Waals surface area (Å²) in [6.45, 7) is 0. The molecule has 2 heterocycles. The number of aromatic nitrogens is 3. The molecule has 0 bridgehead atoms. The van der Waals surface area contributed by atoms with Crippen molar-refractivity contribution < 1.29 is 9.90 Å². The lowest BCUT2D eigenvalue weighted by Crippen LogP contribution is -2.12. The molecule has 0 aliphatic heterocycles. The highest BCUT2D eigenvalue weighted by Gasteiger charge is 2.08. The van der Waals surface area contributed by atoms with Crippen LogP contribution in [-0.2, 0) is 0 Å². The van der Waals surface area contributed by atoms with Gasteiger partial charge in [-0.3, -0.25) is 4.79 Å². The lowest BCUT2D eigenvalue weighted by Gasteiger charge is -2.07. The van der Waals surface area contributed by atoms with Gasteiger partial charge in [0.25, 0.3) is 5.91 Å². The fourth-order valence-electron chi connectivity index (χ4n) is 2.59. The number of nitrogens with zero attached hydrogens (tertiary/aromatic N) is 3. The third-order valence-electron chi connectivity index (χ3n) is 3.99. The summed E-state index contributed by atoms with van der Waals surface area (Å²) in [5.41, 5.74) is 1.72. The van der Waals surface area contributed by atoms with Crippen LogP contribution in [0.3, 0.4) is 0 Å². The highest BCUT2D eigenvalue weighted by molar-refractivity contribution is 7.99. The quantitative estimate of drug-likeness (QED) is 0.507. The van der Waals surface area contributed by atoms with Gasteiger partial charge in [0.1, 0.15) is 10.8 Å². The molecule has 0 saturated heterocycles. The van der Waals surface area contributed by atoms with Gasteiger partial charge in [0, 0.05) is 22.2 Å². The normalized spacial score (nSPS) is 10.5. The number of amides is 1. The predicted octanol–water partition coefficient (Wildman–Crippen LogP) is 4.65. The number of anilines is 1. The summed E-state index contributed by atoms with van der Waals surface area (Å²) in [7, 11) is 0. The third kappa shape index (κ3) is 4.77. The number of carbonyl (C=O) groups is 1. The van der Waals surface area contributed by atoms with Crippen molar-refractivity contribution in [2.45, 2.75) is 9.92 Å². The number of phenols is 1. The Morgan fingerprint density at radius 2 is 1.69 bits per heavy atom. The minimum Gasteiger partial charge on any atom is -0.508 e. The van der Waals surface area contributed by atoms with E-state index < -0.39 is 0 Å². The zero-order valence-electron chi connectivity index (χ0n) is 15.2. The maximum Gasteiger partial charge on any atom is 0.255 e. The van der Waals surface area contributed by atoms with E-state index in [4.69, 9.17) is 0 Å². The fraction of sp³-hybridized carbons (Fsp3) is 0. The molecule has 0 aliphatic carbocycles. The van der Waals surface area contributed by atoms with Gasteiger partial charge in [-0.05, 0) is 48.5 Å². The molecular formula is C22H16N4O2S. The average molecular weight is 400 g/mol. The second-order valence-corrected chi connectivity index (χ2v) is 7.19. The van der Waals surface area contributed by atoms with Crippen LogP contribution in [-0.4, -0.2) is 26.0 Å². The van der Waals surface area contributed by atoms with Crippen LogP contribution in [0.2, 0.25) is 0 Å². The smallest absolute Gasteiger partial charge is 0.255 e. The number of hydrogen-bond acceptors (Lipinski definition) is 6. The summed E-state index contributed by atoms with van der Waals surface area (Å²) in [4.78, 5) is 26.2. The molecular weight excluding hydrogens is 384 g/mol. The Hall–Kier alpha value is -3.71. The first-order valence-electron chi connectivity index (χ1n) is 8.79. The number of hydrogen-bond donors (Lipinski definition) is 2. The van der Waals surface area contributed by atoms with E-state index in [1.807, 2.05) is 30.3 Å². The van der Waals surface area contributed by atoms with E-state index in [0.29, 0.717) is 22.6 Å². The van der Waals surface area contributed by atoms with E-state index >= 15 is 0 Å². The summed E-state index contributed by atoms with van der Waals surface area (Å²) in [6.07, 6.45) is 4.82. The van der Waals surface area contributed by atoms with Crippen LogP contribution in [0.4, 0.5) is 5.69 Å². The topological polar surface area (TPSA) is 88.0 Å². The molecule has 29 heavy (non-hydrogen) atoms. The lowest BCUT2D eigenvalue weighted by molar-refractivity contribution is 0.102. The van der Waals surface area contributed by atoms with E-state index in [0.717, 1.165) is 9.92 Å². The molecule has 0 atom stereocenters. The first-order chi connectivity index (χ1) is 14.2. The molecule has 0 fully saturated rings. The van der Waals surface area contributed by atoms with E-state index in [9.17, 15) is 9.90 Å². The number of carbonyl (C=O) groups excluding carboxylic acids is 1. The van der Waals surface area contributed by atoms with E-state index in [1.54, 1.807) is 42.6 Å². The second-order valence-electron chi connectivity index (χ2n) is 6.09. The van der Waals surface area contributed by atoms with Crippen LogP contribution in [0, 0.1) is 0 Å². The van der Waals surface area contributed by atoms with E-state index in [1.165, 1.54) is 24.2 Å². The molecule has 0 unspecified atom stereocenters. The molecule has 6 nitrogen and oxygen atoms in total. The highest BCUT2D eigenvalue weighted by Crippen LogP contribution is 2.26. The maximum atomic E-state index is 12.5. The van der Waals surface area contributed by atoms with E-state index in [-0.39, 0.29) is 11.7 Å². The standard InChI is InChI=1S/C22H16N4O2S/c27-18-5-3-4-16(12-18)21-24-13-17(14-25-21)26-22(28)15-7-9-19(10-8-15)29-20-6-1-2-11-23-20/h1-14,27H,(H,26,28). The number of rotatable bonds is 5. The van der Waals surface area contributed by atoms with Crippen molar-refractivity contribution in [1.29, 1.82) is 0 Å². The summed E-state index contributed by atoms with van der Waals surface area (Å²) in [5.74, 6) is 0.371. The Bertz CT molecular complexity index is 1120. The number of aromatic hydroxyl groups is 1. The van der Waals surface area contributed by atoms with Crippen LogP contribution < -0.4 is 5.32 Å². The average Bonchev–Trinajstić information content (AvgIpc) is 2.75. The van der Waals surface area contributed by atoms with Crippen molar-refractivity contribution in [1.82, 2.24) is 15.0 Å². The summed E-state index contributed by atoms with van der Waals surface area (Å²) >= 11 is 1.53. The summed E-state index contributed by atoms with van der Waals surface area (Å²) < 4.78 is 0. The first-order valence-corrected chi connectivity index (χ1v) is 9.61. The molecule has 7 heteroatoms. The Labute approximate surface area is 171 Å². The minimum absolute atomic E-state index is 0.146. The van der Waals surface area contributed by atoms with Gasteiger partial charge in [-0.2, -0.15) is 0 Å². The van der Waals surface area contributed by atoms with Crippen molar-refractivity contribution in [3.8, 4) is 17.1 Å². The number of phenolic OH excluding ortho intramolecular Hbond substituents is 1. The molecule has 142 valence electrons. The van der Waals surface area contributed by atoms with Crippen LogP contribution >= 0.6 is 11.8 Å². The minimum atomic E-state index is -0.243. The Morgan fingerprint density at radius 1 is 0.897 bits per heavy atom. The second kappa shape index (κ2) is 8.53. The first kappa shape index (κ1) is 18.6. The Balaban J connectivity index is 1.41. The molecule has 0 aliphatic rings. The van der Waals surface area contributed by atoms with Crippen LogP contribution in [0.5, 0.6) is 5.75 Å². The van der Waals surface area contributed by atoms with Crippen molar-refractivity contribution in [3.63, 3.8) is 0 Å². The Kier molecular flexibility index (Phi) is 5.49. The molecule has 0 spiro atoms. The predicted molar refractivity (Wildman–Crippen MR) is 112 cm³/mol. The van der Waals surface area contributed by atoms with Gasteiger partial charge in [-0.1, -0.05) is 30.0 Å². The molecule has 2 aromatic carbocycles. The summed E-state index contributed by atoms with van der Waals surface area (Å²) in [6, 6.07) is 19.7. The Morgan fingerprint density at radius 3 is 2.38 bits per heavy atom. The number of nitrogens with one attached hydrogen (secondary N) is 1. The van der Waals surface area contributed by atoms with Crippen LogP contribution in [0.1, 0.15) is 10.4 Å². The maximum absolute atomic E-state index is 12.5. The van der Waals surface area contributed by atoms with Gasteiger partial charge < -0.3 is 10.4 Å². The van der Waals surface area contributed by atoms with Gasteiger partial charge in [-0.15, -0.1) is 0 Å². The molecule has 2 N–H and O–H groups in total. The molecule has 0 saturated carbocycles. The van der Waals surface area contributed by atoms with Crippen molar-refractivity contribution >= 4 is 23.4 Å². The highest BCUT2D eigenvalue weighted by atomic mass is 32.2. The molecule has 2 aromatic heterocycles. The van der Waals surface area contributed by atoms with E-state index in [2.05, 4.69) is 20.3 Å². The van der Waals surface area contributed by atoms with Gasteiger partial charge in [0.15, 0.2) is 5.82 Å². The number of benzene rings is 2. The van der Waals surface area contributed by atoms with Gasteiger partial charge in [0.2, 0.25) is 0 Å². The fourth-order valence-corrected chi connectivity index (χ4v) is 3.37. The van der Waals surface area contributed by atoms with Crippen molar-refractivity contribution in [2.75, 3.05) is 5.32 Å². The molecule has 4 rings (SSSR count). The van der Waals surface area contributed by atoms with Crippen LogP contribution in [0.15, 0.2) is 95.2 Å². The summed E-state index contributed by atoms with van der Waals surface area (Å²) in [5, 5.41) is 13.2. The molecule has 0 radical (unpaired) electrons. The van der Waals surface area contributed by atoms with Crippen molar-refractivity contribution in [2.24, 2.45) is 0 Å². The zero-order valence-corrected chi connectivity index (χ0v) is 16.0. The largest absolute Gasteiger partial charge is 0.508 e. The third-order valence-corrected chi connectivity index (χ3v) is 4.95. The lowest BCUT2D eigenvalue weighted by atomic mass is 10.2. The molecule has 1 amide bonds. The van der Waals surface area contributed by atoms with Crippen molar-refractivity contribution in [3.05, 3.63) is 90.9 Å². The zero-order chi connectivity index (χ0) is 20.1. The number of pyridine rings is 1. The SMILES string of the molecule is O=C(Nc1cnc(-c2cccc(O)c2)nc1)c1ccc(Sc2ccccn2)cc1. The monoisotopic (exact) mass is 400 g/mol. The van der Waals surface area contributed by atoms with Gasteiger partial charge in [-0.25, -0.2) is 15.0 Å².